The molecule has 1 saturated heterocycles. The maximum Gasteiger partial charge on any atom is 0.265 e. The van der Waals surface area contributed by atoms with Crippen LogP contribution >= 0.6 is 11.3 Å². The van der Waals surface area contributed by atoms with Crippen molar-refractivity contribution in [3.05, 3.63) is 51.2 Å². The minimum atomic E-state index is -0.485. The van der Waals surface area contributed by atoms with Crippen molar-refractivity contribution < 1.29 is 14.0 Å². The van der Waals surface area contributed by atoms with E-state index in [2.05, 4.69) is 9.88 Å². The molecule has 1 fully saturated rings. The van der Waals surface area contributed by atoms with Crippen LogP contribution in [0.15, 0.2) is 24.3 Å². The van der Waals surface area contributed by atoms with Gasteiger partial charge in [0.05, 0.1) is 17.8 Å². The van der Waals surface area contributed by atoms with Crippen molar-refractivity contribution in [1.29, 1.82) is 0 Å². The second-order valence-corrected chi connectivity index (χ2v) is 7.85. The molecule has 0 saturated carbocycles. The number of rotatable bonds is 4. The number of aryl methyl sites for hydroxylation is 1. The van der Waals surface area contributed by atoms with Crippen molar-refractivity contribution in [3.63, 3.8) is 0 Å². The molecule has 0 N–H and O–H groups in total. The van der Waals surface area contributed by atoms with E-state index in [1.165, 1.54) is 23.5 Å². The Balaban J connectivity index is 1.59. The molecule has 0 radical (unpaired) electrons. The smallest absolute Gasteiger partial charge is 0.265 e. The molecule has 6 nitrogen and oxygen atoms in total. The summed E-state index contributed by atoms with van der Waals surface area (Å²) in [6.45, 7) is 4.96. The number of carbonyl (C=O) groups excluding carboxylic acids is 2. The Bertz CT molecular complexity index is 844. The average molecular weight is 390 g/mol. The first-order chi connectivity index (χ1) is 12.9. The Kier molecular flexibility index (Phi) is 5.86. The Morgan fingerprint density at radius 3 is 2.48 bits per heavy atom. The van der Waals surface area contributed by atoms with Gasteiger partial charge in [0.15, 0.2) is 0 Å². The van der Waals surface area contributed by atoms with Crippen LogP contribution in [0.3, 0.4) is 0 Å². The molecule has 144 valence electrons. The Morgan fingerprint density at radius 1 is 1.19 bits per heavy atom. The van der Waals surface area contributed by atoms with E-state index in [9.17, 15) is 14.0 Å². The highest BCUT2D eigenvalue weighted by Crippen LogP contribution is 2.21. The van der Waals surface area contributed by atoms with Crippen LogP contribution in [0, 0.1) is 12.7 Å². The Labute approximate surface area is 162 Å². The summed E-state index contributed by atoms with van der Waals surface area (Å²) in [5, 5.41) is 0.895. The van der Waals surface area contributed by atoms with Gasteiger partial charge in [0.1, 0.15) is 15.7 Å². The van der Waals surface area contributed by atoms with Gasteiger partial charge in [0.25, 0.3) is 11.8 Å². The average Bonchev–Trinajstić information content (AvgIpc) is 3.01. The lowest BCUT2D eigenvalue weighted by molar-refractivity contribution is 0.0623. The zero-order valence-corrected chi connectivity index (χ0v) is 16.6. The van der Waals surface area contributed by atoms with Gasteiger partial charge in [-0.15, -0.1) is 11.3 Å². The number of hydrogen-bond acceptors (Lipinski definition) is 5. The molecule has 1 aromatic heterocycles. The van der Waals surface area contributed by atoms with Gasteiger partial charge in [-0.1, -0.05) is 12.1 Å². The normalized spacial score (nSPS) is 15.0. The molecule has 0 aliphatic carbocycles. The maximum absolute atomic E-state index is 13.8. The van der Waals surface area contributed by atoms with E-state index in [-0.39, 0.29) is 17.4 Å². The van der Waals surface area contributed by atoms with Gasteiger partial charge in [-0.2, -0.15) is 0 Å². The van der Waals surface area contributed by atoms with Crippen LogP contribution in [0.4, 0.5) is 4.39 Å². The summed E-state index contributed by atoms with van der Waals surface area (Å²) in [7, 11) is 3.46. The number of piperazine rings is 1. The molecule has 2 aromatic rings. The molecule has 0 unspecified atom stereocenters. The molecule has 2 heterocycles. The van der Waals surface area contributed by atoms with Crippen molar-refractivity contribution in [2.24, 2.45) is 0 Å². The van der Waals surface area contributed by atoms with Gasteiger partial charge >= 0.3 is 0 Å². The fourth-order valence-corrected chi connectivity index (χ4v) is 4.16. The first kappa shape index (κ1) is 19.4. The van der Waals surface area contributed by atoms with E-state index >= 15 is 0 Å². The summed E-state index contributed by atoms with van der Waals surface area (Å²) >= 11 is 1.42. The summed E-state index contributed by atoms with van der Waals surface area (Å²) in [5.41, 5.74) is 0.871. The van der Waals surface area contributed by atoms with Crippen LogP contribution in [-0.4, -0.2) is 71.8 Å². The standard InChI is InChI=1S/C19H23FN4O2S/c1-13-17(19(26)22(2)3)27-16(21-13)12-23-8-10-24(11-9-23)18(25)14-6-4-5-7-15(14)20/h4-7H,8-12H2,1-3H3. The third-order valence-electron chi connectivity index (χ3n) is 4.56. The molecule has 0 spiro atoms. The second-order valence-electron chi connectivity index (χ2n) is 6.77. The summed E-state index contributed by atoms with van der Waals surface area (Å²) < 4.78 is 13.8. The van der Waals surface area contributed by atoms with Crippen LogP contribution in [0.25, 0.3) is 0 Å². The molecule has 1 aromatic carbocycles. The maximum atomic E-state index is 13.8. The minimum absolute atomic E-state index is 0.0310. The molecular formula is C19H23FN4O2S. The highest BCUT2D eigenvalue weighted by molar-refractivity contribution is 7.13. The molecule has 1 aliphatic rings. The van der Waals surface area contributed by atoms with Crippen LogP contribution in [-0.2, 0) is 6.54 Å². The first-order valence-electron chi connectivity index (χ1n) is 8.81. The zero-order chi connectivity index (χ0) is 19.6. The predicted octanol–water partition coefficient (Wildman–Crippen LogP) is 2.25. The van der Waals surface area contributed by atoms with Crippen molar-refractivity contribution >= 4 is 23.2 Å². The molecule has 1 aliphatic heterocycles. The lowest BCUT2D eigenvalue weighted by Gasteiger charge is -2.34. The highest BCUT2D eigenvalue weighted by atomic mass is 32.1. The summed E-state index contributed by atoms with van der Waals surface area (Å²) in [4.78, 5) is 35.3. The number of halogens is 1. The number of benzene rings is 1. The van der Waals surface area contributed by atoms with Crippen LogP contribution in [0.1, 0.15) is 30.7 Å². The molecule has 8 heteroatoms. The minimum Gasteiger partial charge on any atom is -0.344 e. The number of aromatic nitrogens is 1. The van der Waals surface area contributed by atoms with Gasteiger partial charge in [-0.3, -0.25) is 14.5 Å². The van der Waals surface area contributed by atoms with E-state index in [1.807, 2.05) is 6.92 Å². The van der Waals surface area contributed by atoms with Crippen molar-refractivity contribution in [2.75, 3.05) is 40.3 Å². The first-order valence-corrected chi connectivity index (χ1v) is 9.62. The lowest BCUT2D eigenvalue weighted by Crippen LogP contribution is -2.48. The van der Waals surface area contributed by atoms with Gasteiger partial charge in [0.2, 0.25) is 0 Å². The number of amides is 2. The fourth-order valence-electron chi connectivity index (χ4n) is 3.03. The molecule has 27 heavy (non-hydrogen) atoms. The number of nitrogens with zero attached hydrogens (tertiary/aromatic N) is 4. The van der Waals surface area contributed by atoms with Crippen LogP contribution < -0.4 is 0 Å². The van der Waals surface area contributed by atoms with E-state index in [0.717, 1.165) is 10.7 Å². The lowest BCUT2D eigenvalue weighted by atomic mass is 10.1. The largest absolute Gasteiger partial charge is 0.344 e. The summed E-state index contributed by atoms with van der Waals surface area (Å²) in [6, 6.07) is 6.08. The third kappa shape index (κ3) is 4.33. The van der Waals surface area contributed by atoms with Crippen molar-refractivity contribution in [2.45, 2.75) is 13.5 Å². The predicted molar refractivity (Wildman–Crippen MR) is 102 cm³/mol. The molecular weight excluding hydrogens is 367 g/mol. The van der Waals surface area contributed by atoms with E-state index in [1.54, 1.807) is 36.0 Å². The quantitative estimate of drug-likeness (QED) is 0.804. The van der Waals surface area contributed by atoms with Gasteiger partial charge in [0, 0.05) is 40.3 Å². The monoisotopic (exact) mass is 390 g/mol. The van der Waals surface area contributed by atoms with Gasteiger partial charge < -0.3 is 9.80 Å². The van der Waals surface area contributed by atoms with Gasteiger partial charge in [-0.05, 0) is 19.1 Å². The third-order valence-corrected chi connectivity index (χ3v) is 5.69. The number of carbonyl (C=O) groups is 2. The SMILES string of the molecule is Cc1nc(CN2CCN(C(=O)c3ccccc3F)CC2)sc1C(=O)N(C)C. The van der Waals surface area contributed by atoms with Gasteiger partial charge in [-0.25, -0.2) is 9.37 Å². The second kappa shape index (κ2) is 8.14. The molecule has 2 amide bonds. The fraction of sp³-hybridized carbons (Fsp3) is 0.421. The van der Waals surface area contributed by atoms with Crippen molar-refractivity contribution in [1.82, 2.24) is 19.7 Å². The number of thiazole rings is 1. The van der Waals surface area contributed by atoms with Crippen molar-refractivity contribution in [3.8, 4) is 0 Å². The molecule has 3 rings (SSSR count). The van der Waals surface area contributed by atoms with E-state index in [0.29, 0.717) is 37.6 Å². The Morgan fingerprint density at radius 2 is 1.85 bits per heavy atom. The number of hydrogen-bond donors (Lipinski definition) is 0. The topological polar surface area (TPSA) is 56.8 Å². The van der Waals surface area contributed by atoms with E-state index < -0.39 is 5.82 Å². The highest BCUT2D eigenvalue weighted by Gasteiger charge is 2.25. The summed E-state index contributed by atoms with van der Waals surface area (Å²) in [6.07, 6.45) is 0. The van der Waals surface area contributed by atoms with Crippen LogP contribution in [0.2, 0.25) is 0 Å². The van der Waals surface area contributed by atoms with E-state index in [4.69, 9.17) is 0 Å². The van der Waals surface area contributed by atoms with Crippen LogP contribution in [0.5, 0.6) is 0 Å². The summed E-state index contributed by atoms with van der Waals surface area (Å²) in [5.74, 6) is -0.783. The zero-order valence-electron chi connectivity index (χ0n) is 15.7. The molecule has 0 atom stereocenters. The Hall–Kier alpha value is -2.32. The molecule has 0 bridgehead atoms.